The van der Waals surface area contributed by atoms with Gasteiger partial charge in [0.1, 0.15) is 0 Å². The highest BCUT2D eigenvalue weighted by Gasteiger charge is 1.98. The van der Waals surface area contributed by atoms with Crippen molar-refractivity contribution in [2.45, 2.75) is 39.5 Å². The highest BCUT2D eigenvalue weighted by atomic mass is 31.1. The average molecular weight is 161 g/mol. The van der Waals surface area contributed by atoms with Crippen LogP contribution in [0.3, 0.4) is 0 Å². The molecule has 0 amide bonds. The maximum absolute atomic E-state index is 5.91. The van der Waals surface area contributed by atoms with Crippen molar-refractivity contribution in [3.05, 3.63) is 0 Å². The molecule has 0 unspecified atom stereocenters. The quantitative estimate of drug-likeness (QED) is 0.595. The minimum Gasteiger partial charge on any atom is -0.310 e. The third-order valence-corrected chi connectivity index (χ3v) is 3.38. The summed E-state index contributed by atoms with van der Waals surface area (Å²) < 4.78 is 0. The molecule has 62 valence electrons. The summed E-state index contributed by atoms with van der Waals surface area (Å²) in [6.45, 7) is 4.45. The van der Waals surface area contributed by atoms with Gasteiger partial charge < -0.3 is 5.50 Å². The minimum atomic E-state index is -0.0923. The molecule has 0 aliphatic heterocycles. The maximum Gasteiger partial charge on any atom is -0.0197 e. The molecule has 0 saturated carbocycles. The van der Waals surface area contributed by atoms with Gasteiger partial charge in [-0.3, -0.25) is 0 Å². The third-order valence-electron chi connectivity index (χ3n) is 1.60. The second kappa shape index (κ2) is 7.50. The summed E-state index contributed by atoms with van der Waals surface area (Å²) in [7, 11) is -0.0923. The first kappa shape index (κ1) is 10.4. The molecule has 0 rings (SSSR count). The molecule has 2 N–H and O–H groups in total. The zero-order valence-electron chi connectivity index (χ0n) is 7.27. The number of rotatable bonds is 6. The van der Waals surface area contributed by atoms with E-state index in [9.17, 15) is 0 Å². The van der Waals surface area contributed by atoms with Crippen LogP contribution in [0.5, 0.6) is 0 Å². The fourth-order valence-electron chi connectivity index (χ4n) is 0.834. The largest absolute Gasteiger partial charge is 0.310 e. The van der Waals surface area contributed by atoms with E-state index >= 15 is 0 Å². The van der Waals surface area contributed by atoms with E-state index in [4.69, 9.17) is 5.50 Å². The Balaban J connectivity index is 3.00. The van der Waals surface area contributed by atoms with Gasteiger partial charge in [0.15, 0.2) is 0 Å². The van der Waals surface area contributed by atoms with Crippen molar-refractivity contribution < 1.29 is 0 Å². The first-order valence-electron chi connectivity index (χ1n) is 4.30. The van der Waals surface area contributed by atoms with E-state index < -0.39 is 0 Å². The van der Waals surface area contributed by atoms with Crippen molar-refractivity contribution in [3.63, 3.8) is 0 Å². The normalized spacial score (nSPS) is 10.8. The Morgan fingerprint density at radius 2 is 1.40 bits per heavy atom. The Morgan fingerprint density at radius 3 is 1.70 bits per heavy atom. The standard InChI is InChI=1S/C8H20NP/c1-3-5-7-10(9)8-6-4-2/h3-9H2,1-2H3. The van der Waals surface area contributed by atoms with E-state index in [1.165, 1.54) is 38.0 Å². The van der Waals surface area contributed by atoms with E-state index in [0.29, 0.717) is 0 Å². The zero-order chi connectivity index (χ0) is 7.82. The molecule has 0 aliphatic rings. The molecular formula is C8H20NP. The second-order valence-corrected chi connectivity index (χ2v) is 4.82. The summed E-state index contributed by atoms with van der Waals surface area (Å²) in [5.41, 5.74) is 5.91. The maximum atomic E-state index is 5.91. The fourth-order valence-corrected chi connectivity index (χ4v) is 2.50. The number of hydrogen-bond acceptors (Lipinski definition) is 1. The molecule has 0 fully saturated rings. The summed E-state index contributed by atoms with van der Waals surface area (Å²) >= 11 is 0. The molecule has 0 aliphatic carbocycles. The third kappa shape index (κ3) is 6.51. The molecule has 10 heavy (non-hydrogen) atoms. The molecule has 0 saturated heterocycles. The van der Waals surface area contributed by atoms with Gasteiger partial charge in [-0.05, 0) is 33.2 Å². The van der Waals surface area contributed by atoms with Crippen LogP contribution in [-0.2, 0) is 0 Å². The molecule has 2 heteroatoms. The Kier molecular flexibility index (Phi) is 7.79. The monoisotopic (exact) mass is 161 g/mol. The van der Waals surface area contributed by atoms with Crippen molar-refractivity contribution in [1.29, 1.82) is 0 Å². The summed E-state index contributed by atoms with van der Waals surface area (Å²) in [6, 6.07) is 0. The Hall–Kier alpha value is 0.390. The molecule has 1 nitrogen and oxygen atoms in total. The van der Waals surface area contributed by atoms with Gasteiger partial charge in [-0.1, -0.05) is 26.7 Å². The van der Waals surface area contributed by atoms with Crippen LogP contribution < -0.4 is 5.50 Å². The smallest absolute Gasteiger partial charge is 0.0197 e. The lowest BCUT2D eigenvalue weighted by Gasteiger charge is -2.09. The van der Waals surface area contributed by atoms with E-state index in [2.05, 4.69) is 13.8 Å². The van der Waals surface area contributed by atoms with Crippen LogP contribution >= 0.6 is 8.07 Å². The van der Waals surface area contributed by atoms with Crippen LogP contribution in [0.2, 0.25) is 0 Å². The minimum absolute atomic E-state index is 0.0923. The van der Waals surface area contributed by atoms with Crippen LogP contribution in [-0.4, -0.2) is 12.3 Å². The average Bonchev–Trinajstić information content (AvgIpc) is 1.97. The molecule has 0 bridgehead atoms. The molecule has 0 heterocycles. The van der Waals surface area contributed by atoms with Crippen LogP contribution in [0.4, 0.5) is 0 Å². The molecule has 0 spiro atoms. The highest BCUT2D eigenvalue weighted by Crippen LogP contribution is 2.27. The van der Waals surface area contributed by atoms with Crippen LogP contribution in [0.15, 0.2) is 0 Å². The SMILES string of the molecule is CCCCP(N)CCCC. The Bertz CT molecular complexity index is 58.3. The van der Waals surface area contributed by atoms with E-state index in [-0.39, 0.29) is 8.07 Å². The van der Waals surface area contributed by atoms with E-state index in [1.54, 1.807) is 0 Å². The van der Waals surface area contributed by atoms with Gasteiger partial charge in [-0.25, -0.2) is 0 Å². The van der Waals surface area contributed by atoms with Gasteiger partial charge in [0, 0.05) is 0 Å². The summed E-state index contributed by atoms with van der Waals surface area (Å²) in [5.74, 6) is 0. The predicted molar refractivity (Wildman–Crippen MR) is 50.7 cm³/mol. The topological polar surface area (TPSA) is 26.0 Å². The summed E-state index contributed by atoms with van der Waals surface area (Å²) in [5, 5.41) is 0. The van der Waals surface area contributed by atoms with E-state index in [1.807, 2.05) is 0 Å². The molecule has 0 aromatic rings. The lowest BCUT2D eigenvalue weighted by Crippen LogP contribution is -1.98. The van der Waals surface area contributed by atoms with Gasteiger partial charge in [0.25, 0.3) is 0 Å². The highest BCUT2D eigenvalue weighted by molar-refractivity contribution is 7.55. The van der Waals surface area contributed by atoms with Gasteiger partial charge >= 0.3 is 0 Å². The molecule has 0 atom stereocenters. The van der Waals surface area contributed by atoms with Crippen molar-refractivity contribution in [3.8, 4) is 0 Å². The van der Waals surface area contributed by atoms with Crippen molar-refractivity contribution in [1.82, 2.24) is 0 Å². The first-order valence-corrected chi connectivity index (χ1v) is 6.09. The predicted octanol–water partition coefficient (Wildman–Crippen LogP) is 2.94. The van der Waals surface area contributed by atoms with Gasteiger partial charge in [-0.2, -0.15) is 0 Å². The van der Waals surface area contributed by atoms with Gasteiger partial charge in [-0.15, -0.1) is 0 Å². The van der Waals surface area contributed by atoms with Crippen molar-refractivity contribution in [2.75, 3.05) is 12.3 Å². The summed E-state index contributed by atoms with van der Waals surface area (Å²) in [6.07, 6.45) is 7.81. The van der Waals surface area contributed by atoms with Crippen molar-refractivity contribution >= 4 is 8.07 Å². The lowest BCUT2D eigenvalue weighted by molar-refractivity contribution is 0.867. The second-order valence-electron chi connectivity index (χ2n) is 2.74. The van der Waals surface area contributed by atoms with Crippen molar-refractivity contribution in [2.24, 2.45) is 5.50 Å². The number of nitrogens with two attached hydrogens (primary N) is 1. The Labute approximate surface area is 66.2 Å². The van der Waals surface area contributed by atoms with Crippen LogP contribution in [0.25, 0.3) is 0 Å². The molecular weight excluding hydrogens is 141 g/mol. The zero-order valence-corrected chi connectivity index (χ0v) is 8.16. The molecule has 0 aromatic carbocycles. The lowest BCUT2D eigenvalue weighted by atomic mass is 10.4. The van der Waals surface area contributed by atoms with Gasteiger partial charge in [0.2, 0.25) is 0 Å². The van der Waals surface area contributed by atoms with Crippen LogP contribution in [0.1, 0.15) is 39.5 Å². The summed E-state index contributed by atoms with van der Waals surface area (Å²) in [4.78, 5) is 0. The molecule has 0 aromatic heterocycles. The first-order chi connectivity index (χ1) is 4.81. The fraction of sp³-hybridized carbons (Fsp3) is 1.00. The van der Waals surface area contributed by atoms with Gasteiger partial charge in [0.05, 0.1) is 0 Å². The van der Waals surface area contributed by atoms with E-state index in [0.717, 1.165) is 0 Å². The number of unbranched alkanes of at least 4 members (excludes halogenated alkanes) is 2. The number of hydrogen-bond donors (Lipinski definition) is 1. The molecule has 0 radical (unpaired) electrons. The Morgan fingerprint density at radius 1 is 1.00 bits per heavy atom. The van der Waals surface area contributed by atoms with Crippen LogP contribution in [0, 0.1) is 0 Å².